The van der Waals surface area contributed by atoms with Crippen LogP contribution in [0.15, 0.2) is 30.3 Å². The normalized spacial score (nSPS) is 11.9. The minimum atomic E-state index is -2.97. The van der Waals surface area contributed by atoms with Crippen molar-refractivity contribution in [1.29, 1.82) is 0 Å². The molecule has 0 N–H and O–H groups in total. The molecule has 0 amide bonds. The molecule has 0 saturated heterocycles. The molecule has 0 fully saturated rings. The zero-order valence-corrected chi connectivity index (χ0v) is 10.00. The monoisotopic (exact) mass is 227 g/mol. The van der Waals surface area contributed by atoms with Gasteiger partial charge in [-0.05, 0) is 19.7 Å². The molecule has 0 aromatic heterocycles. The van der Waals surface area contributed by atoms with Crippen molar-refractivity contribution in [3.05, 3.63) is 35.9 Å². The largest absolute Gasteiger partial charge is 0.308 e. The van der Waals surface area contributed by atoms with Crippen LogP contribution in [0.1, 0.15) is 5.56 Å². The first-order valence-corrected chi connectivity index (χ1v) is 6.71. The van der Waals surface area contributed by atoms with Crippen LogP contribution in [0.2, 0.25) is 0 Å². The van der Waals surface area contributed by atoms with E-state index in [1.807, 2.05) is 49.3 Å². The van der Waals surface area contributed by atoms with E-state index in [1.54, 1.807) is 0 Å². The molecule has 0 bridgehead atoms. The Balaban J connectivity index is 2.57. The van der Waals surface area contributed by atoms with Gasteiger partial charge in [0.1, 0.15) is 0 Å². The summed E-state index contributed by atoms with van der Waals surface area (Å²) in [5, 5.41) is 0. The summed E-state index contributed by atoms with van der Waals surface area (Å²) in [5.41, 5.74) is 0.858. The predicted molar refractivity (Wildman–Crippen MR) is 62.5 cm³/mol. The Morgan fingerprint density at radius 2 is 1.73 bits per heavy atom. The minimum Gasteiger partial charge on any atom is -0.308 e. The third-order valence-electron chi connectivity index (χ3n) is 2.08. The molecule has 0 atom stereocenters. The predicted octanol–water partition coefficient (Wildman–Crippen LogP) is 1.16. The van der Waals surface area contributed by atoms with E-state index in [9.17, 15) is 8.42 Å². The van der Waals surface area contributed by atoms with Gasteiger partial charge in [-0.3, -0.25) is 0 Å². The van der Waals surface area contributed by atoms with Gasteiger partial charge in [0, 0.05) is 6.54 Å². The van der Waals surface area contributed by atoms with Crippen LogP contribution in [0.5, 0.6) is 0 Å². The average molecular weight is 227 g/mol. The first-order valence-electron chi connectivity index (χ1n) is 4.89. The Kier molecular flexibility index (Phi) is 4.29. The van der Waals surface area contributed by atoms with Crippen LogP contribution in [0.3, 0.4) is 0 Å². The van der Waals surface area contributed by atoms with Gasteiger partial charge in [-0.2, -0.15) is 0 Å². The van der Waals surface area contributed by atoms with E-state index < -0.39 is 9.84 Å². The van der Waals surface area contributed by atoms with Gasteiger partial charge >= 0.3 is 0 Å². The minimum absolute atomic E-state index is 0.141. The van der Waals surface area contributed by atoms with Crippen LogP contribution >= 0.6 is 0 Å². The second-order valence-corrected chi connectivity index (χ2v) is 6.06. The Morgan fingerprint density at radius 3 is 2.27 bits per heavy atom. The Morgan fingerprint density at radius 1 is 1.13 bits per heavy atom. The number of rotatable bonds is 5. The number of benzene rings is 1. The maximum Gasteiger partial charge on any atom is 0.155 e. The van der Waals surface area contributed by atoms with Gasteiger partial charge in [0.2, 0.25) is 0 Å². The van der Waals surface area contributed by atoms with Gasteiger partial charge in [0.15, 0.2) is 9.84 Å². The summed E-state index contributed by atoms with van der Waals surface area (Å²) in [7, 11) is 0.775. The van der Waals surface area contributed by atoms with Crippen LogP contribution < -0.4 is 0 Å². The molecule has 0 saturated carbocycles. The first kappa shape index (κ1) is 12.2. The summed E-state index contributed by atoms with van der Waals surface area (Å²) >= 11 is 0. The molecule has 1 rings (SSSR count). The van der Waals surface area contributed by atoms with E-state index in [0.29, 0.717) is 6.54 Å². The molecular formula is C11H17NO2S. The second kappa shape index (κ2) is 5.28. The lowest BCUT2D eigenvalue weighted by molar-refractivity contribution is 0.432. The summed E-state index contributed by atoms with van der Waals surface area (Å²) in [6.45, 7) is 0.579. The van der Waals surface area contributed by atoms with Crippen molar-refractivity contribution in [2.45, 2.75) is 5.75 Å². The van der Waals surface area contributed by atoms with Crippen LogP contribution in [0.25, 0.3) is 0 Å². The summed E-state index contributed by atoms with van der Waals surface area (Å²) in [6.07, 6.45) is 0. The van der Waals surface area contributed by atoms with Crippen LogP contribution in [0.4, 0.5) is 0 Å². The fraction of sp³-hybridized carbons (Fsp3) is 0.455. The van der Waals surface area contributed by atoms with E-state index in [-0.39, 0.29) is 11.5 Å². The van der Waals surface area contributed by atoms with E-state index in [4.69, 9.17) is 0 Å². The molecule has 3 nitrogen and oxygen atoms in total. The highest BCUT2D eigenvalue weighted by Gasteiger charge is 2.11. The van der Waals surface area contributed by atoms with Crippen molar-refractivity contribution in [2.24, 2.45) is 0 Å². The highest BCUT2D eigenvalue weighted by Crippen LogP contribution is 2.05. The maximum absolute atomic E-state index is 11.7. The molecule has 4 heteroatoms. The maximum atomic E-state index is 11.7. The van der Waals surface area contributed by atoms with Gasteiger partial charge in [-0.25, -0.2) is 8.42 Å². The zero-order chi connectivity index (χ0) is 11.3. The smallest absolute Gasteiger partial charge is 0.155 e. The molecule has 1 aromatic rings. The van der Waals surface area contributed by atoms with E-state index in [1.165, 1.54) is 0 Å². The molecule has 0 aliphatic heterocycles. The standard InChI is InChI=1S/C11H17NO2S/c1-12(2)8-9-15(13,14)10-11-6-4-3-5-7-11/h3-7H,8-10H2,1-2H3. The summed E-state index contributed by atoms with van der Waals surface area (Å²) in [5.74, 6) is 0.358. The molecular weight excluding hydrogens is 210 g/mol. The summed E-state index contributed by atoms with van der Waals surface area (Å²) < 4.78 is 23.4. The molecule has 84 valence electrons. The molecule has 0 spiro atoms. The summed E-state index contributed by atoms with van der Waals surface area (Å²) in [4.78, 5) is 1.88. The van der Waals surface area contributed by atoms with E-state index >= 15 is 0 Å². The molecule has 1 aromatic carbocycles. The SMILES string of the molecule is CN(C)CCS(=O)(=O)Cc1ccccc1. The van der Waals surface area contributed by atoms with Crippen molar-refractivity contribution in [2.75, 3.05) is 26.4 Å². The first-order chi connectivity index (χ1) is 6.99. The zero-order valence-electron chi connectivity index (χ0n) is 9.18. The van der Waals surface area contributed by atoms with Gasteiger partial charge in [0.05, 0.1) is 11.5 Å². The average Bonchev–Trinajstić information content (AvgIpc) is 2.16. The Hall–Kier alpha value is -0.870. The molecule has 0 aliphatic carbocycles. The molecule has 15 heavy (non-hydrogen) atoms. The highest BCUT2D eigenvalue weighted by atomic mass is 32.2. The lowest BCUT2D eigenvalue weighted by Crippen LogP contribution is -2.22. The lowest BCUT2D eigenvalue weighted by Gasteiger charge is -2.09. The highest BCUT2D eigenvalue weighted by molar-refractivity contribution is 7.90. The molecule has 0 aliphatic rings. The lowest BCUT2D eigenvalue weighted by atomic mass is 10.2. The van der Waals surface area contributed by atoms with Crippen LogP contribution in [-0.2, 0) is 15.6 Å². The third-order valence-corrected chi connectivity index (χ3v) is 3.66. The van der Waals surface area contributed by atoms with Gasteiger partial charge in [-0.15, -0.1) is 0 Å². The topological polar surface area (TPSA) is 37.4 Å². The third kappa shape index (κ3) is 4.95. The molecule has 0 unspecified atom stereocenters. The van der Waals surface area contributed by atoms with E-state index in [2.05, 4.69) is 0 Å². The van der Waals surface area contributed by atoms with Gasteiger partial charge < -0.3 is 4.90 Å². The van der Waals surface area contributed by atoms with Crippen molar-refractivity contribution in [1.82, 2.24) is 4.90 Å². The number of sulfone groups is 1. The number of nitrogens with zero attached hydrogens (tertiary/aromatic N) is 1. The number of hydrogen-bond acceptors (Lipinski definition) is 3. The Labute approximate surface area is 91.6 Å². The van der Waals surface area contributed by atoms with Crippen molar-refractivity contribution in [3.63, 3.8) is 0 Å². The fourth-order valence-corrected chi connectivity index (χ4v) is 2.71. The number of hydrogen-bond donors (Lipinski definition) is 0. The second-order valence-electron chi connectivity index (χ2n) is 3.88. The van der Waals surface area contributed by atoms with Crippen LogP contribution in [-0.4, -0.2) is 39.7 Å². The Bertz CT molecular complexity index is 384. The van der Waals surface area contributed by atoms with E-state index in [0.717, 1.165) is 5.56 Å². The van der Waals surface area contributed by atoms with Crippen molar-refractivity contribution in [3.8, 4) is 0 Å². The van der Waals surface area contributed by atoms with Gasteiger partial charge in [-0.1, -0.05) is 30.3 Å². The van der Waals surface area contributed by atoms with Crippen molar-refractivity contribution < 1.29 is 8.42 Å². The molecule has 0 heterocycles. The van der Waals surface area contributed by atoms with Crippen molar-refractivity contribution >= 4 is 9.84 Å². The van der Waals surface area contributed by atoms with Crippen LogP contribution in [0, 0.1) is 0 Å². The molecule has 0 radical (unpaired) electrons. The van der Waals surface area contributed by atoms with Gasteiger partial charge in [0.25, 0.3) is 0 Å². The fourth-order valence-electron chi connectivity index (χ4n) is 1.22. The summed E-state index contributed by atoms with van der Waals surface area (Å²) in [6, 6.07) is 9.28. The quantitative estimate of drug-likeness (QED) is 0.757.